The molecule has 0 spiro atoms. The van der Waals surface area contributed by atoms with Crippen LogP contribution < -0.4 is 5.19 Å². The average molecular weight is 596 g/mol. The van der Waals surface area contributed by atoms with Crippen molar-refractivity contribution in [2.75, 3.05) is 0 Å². The summed E-state index contributed by atoms with van der Waals surface area (Å²) in [6.45, 7) is 7.18. The van der Waals surface area contributed by atoms with Crippen LogP contribution in [-0.4, -0.2) is 13.1 Å². The van der Waals surface area contributed by atoms with Crippen LogP contribution in [-0.2, 0) is 0 Å². The van der Waals surface area contributed by atoms with E-state index in [2.05, 4.69) is 152 Å². The van der Waals surface area contributed by atoms with E-state index < -0.39 is 8.07 Å². The Morgan fingerprint density at radius 1 is 0.444 bits per heavy atom. The summed E-state index contributed by atoms with van der Waals surface area (Å²) in [6.07, 6.45) is 1.77. The minimum Gasteiger partial charge on any atom is -0.438 e. The summed E-state index contributed by atoms with van der Waals surface area (Å²) in [5.41, 5.74) is 11.3. The average Bonchev–Trinajstić information content (AvgIpc) is 3.46. The SMILES string of the molecule is C[Si](C)(C)c1ccc(-c2ccc(-c3ccc4cc(-c5ccc(-c6ccc7oc8ncccc8c7c6)cc5)ccc4c3)cc2)cc1. The number of fused-ring (bicyclic) bond motifs is 4. The van der Waals surface area contributed by atoms with E-state index in [0.717, 1.165) is 16.4 Å². The molecule has 0 aliphatic heterocycles. The van der Waals surface area contributed by atoms with Crippen molar-refractivity contribution in [1.82, 2.24) is 4.98 Å². The summed E-state index contributed by atoms with van der Waals surface area (Å²) in [6, 6.07) is 50.8. The Balaban J connectivity index is 1.02. The van der Waals surface area contributed by atoms with Crippen molar-refractivity contribution >= 4 is 46.1 Å². The Hall–Kier alpha value is -5.25. The van der Waals surface area contributed by atoms with Crippen molar-refractivity contribution in [3.05, 3.63) is 146 Å². The lowest BCUT2D eigenvalue weighted by atomic mass is 9.95. The van der Waals surface area contributed by atoms with Gasteiger partial charge < -0.3 is 4.42 Å². The second kappa shape index (κ2) is 10.7. The summed E-state index contributed by atoms with van der Waals surface area (Å²) in [7, 11) is -1.29. The van der Waals surface area contributed by atoms with Gasteiger partial charge in [-0.05, 0) is 91.7 Å². The number of hydrogen-bond donors (Lipinski definition) is 0. The van der Waals surface area contributed by atoms with Crippen LogP contribution in [0.3, 0.4) is 0 Å². The van der Waals surface area contributed by atoms with E-state index in [4.69, 9.17) is 4.42 Å². The van der Waals surface area contributed by atoms with E-state index in [0.29, 0.717) is 5.71 Å². The van der Waals surface area contributed by atoms with E-state index in [1.165, 1.54) is 60.5 Å². The van der Waals surface area contributed by atoms with Crippen molar-refractivity contribution in [3.8, 4) is 44.5 Å². The molecule has 0 bridgehead atoms. The zero-order valence-corrected chi connectivity index (χ0v) is 26.7. The van der Waals surface area contributed by atoms with Crippen molar-refractivity contribution in [2.24, 2.45) is 0 Å². The van der Waals surface area contributed by atoms with Crippen LogP contribution >= 0.6 is 0 Å². The Morgan fingerprint density at radius 2 is 0.889 bits per heavy atom. The molecule has 0 atom stereocenters. The predicted molar refractivity (Wildman–Crippen MR) is 194 cm³/mol. The van der Waals surface area contributed by atoms with Gasteiger partial charge in [0.1, 0.15) is 5.58 Å². The van der Waals surface area contributed by atoms with E-state index >= 15 is 0 Å². The van der Waals surface area contributed by atoms with Gasteiger partial charge >= 0.3 is 0 Å². The number of hydrogen-bond acceptors (Lipinski definition) is 2. The Bertz CT molecular complexity index is 2320. The summed E-state index contributed by atoms with van der Waals surface area (Å²) in [5, 5.41) is 6.12. The van der Waals surface area contributed by atoms with Crippen molar-refractivity contribution in [3.63, 3.8) is 0 Å². The second-order valence-corrected chi connectivity index (χ2v) is 18.0. The molecule has 6 aromatic carbocycles. The molecule has 0 fully saturated rings. The van der Waals surface area contributed by atoms with Crippen molar-refractivity contribution in [2.45, 2.75) is 19.6 Å². The van der Waals surface area contributed by atoms with Gasteiger partial charge in [-0.25, -0.2) is 4.98 Å². The molecule has 45 heavy (non-hydrogen) atoms. The number of furan rings is 1. The first-order valence-corrected chi connectivity index (χ1v) is 19.0. The molecular formula is C42H33NOSi. The first kappa shape index (κ1) is 27.3. The zero-order chi connectivity index (χ0) is 30.5. The van der Waals surface area contributed by atoms with Crippen LogP contribution in [0.4, 0.5) is 0 Å². The molecule has 2 heterocycles. The van der Waals surface area contributed by atoms with Gasteiger partial charge in [0.25, 0.3) is 0 Å². The van der Waals surface area contributed by atoms with Gasteiger partial charge in [0.2, 0.25) is 5.71 Å². The lowest BCUT2D eigenvalue weighted by molar-refractivity contribution is 0.654. The fourth-order valence-electron chi connectivity index (χ4n) is 6.27. The molecule has 0 amide bonds. The molecule has 216 valence electrons. The molecule has 8 aromatic rings. The van der Waals surface area contributed by atoms with Crippen LogP contribution in [0, 0.1) is 0 Å². The highest BCUT2D eigenvalue weighted by Gasteiger charge is 2.16. The molecule has 0 unspecified atom stereocenters. The molecule has 0 N–H and O–H groups in total. The summed E-state index contributed by atoms with van der Waals surface area (Å²) in [4.78, 5) is 4.36. The largest absolute Gasteiger partial charge is 0.438 e. The van der Waals surface area contributed by atoms with E-state index in [1.54, 1.807) is 6.20 Å². The third-order valence-electron chi connectivity index (χ3n) is 8.94. The topological polar surface area (TPSA) is 26.0 Å². The standard InChI is InChI=1S/C42H33NOSi/c1-45(2,3)38-21-18-29(19-22-38)28-6-8-30(9-7-28)33-14-16-36-26-34(15-17-35(36)25-33)31-10-12-32(13-11-31)37-20-23-41-40(27-37)39-5-4-24-43-42(39)44-41/h4-27H,1-3H3. The molecule has 8 rings (SSSR count). The molecule has 0 aliphatic carbocycles. The maximum absolute atomic E-state index is 5.91. The van der Waals surface area contributed by atoms with Crippen molar-refractivity contribution < 1.29 is 4.42 Å². The molecule has 2 aromatic heterocycles. The smallest absolute Gasteiger partial charge is 0.227 e. The van der Waals surface area contributed by atoms with Gasteiger partial charge in [-0.1, -0.05) is 128 Å². The minimum atomic E-state index is -1.29. The maximum atomic E-state index is 5.91. The molecule has 0 radical (unpaired) electrons. The van der Waals surface area contributed by atoms with Gasteiger partial charge in [0, 0.05) is 17.0 Å². The summed E-state index contributed by atoms with van der Waals surface area (Å²) < 4.78 is 5.91. The Kier molecular flexibility index (Phi) is 6.51. The Labute approximate surface area is 264 Å². The highest BCUT2D eigenvalue weighted by molar-refractivity contribution is 6.88. The van der Waals surface area contributed by atoms with E-state index in [-0.39, 0.29) is 0 Å². The third kappa shape index (κ3) is 5.15. The number of aromatic nitrogens is 1. The predicted octanol–water partition coefficient (Wildman–Crippen LogP) is 11.3. The molecular weight excluding hydrogens is 563 g/mol. The first-order chi connectivity index (χ1) is 21.9. The fourth-order valence-corrected chi connectivity index (χ4v) is 7.43. The maximum Gasteiger partial charge on any atom is 0.227 e. The van der Waals surface area contributed by atoms with E-state index in [1.807, 2.05) is 12.1 Å². The monoisotopic (exact) mass is 595 g/mol. The van der Waals surface area contributed by atoms with Crippen LogP contribution in [0.15, 0.2) is 150 Å². The van der Waals surface area contributed by atoms with Gasteiger partial charge in [0.15, 0.2) is 0 Å². The highest BCUT2D eigenvalue weighted by Crippen LogP contribution is 2.34. The minimum absolute atomic E-state index is 0.681. The molecule has 0 saturated heterocycles. The first-order valence-electron chi connectivity index (χ1n) is 15.5. The van der Waals surface area contributed by atoms with Crippen LogP contribution in [0.1, 0.15) is 0 Å². The van der Waals surface area contributed by atoms with Crippen LogP contribution in [0.2, 0.25) is 19.6 Å². The lowest BCUT2D eigenvalue weighted by Crippen LogP contribution is -2.37. The number of benzene rings is 6. The zero-order valence-electron chi connectivity index (χ0n) is 25.7. The Morgan fingerprint density at radius 3 is 1.42 bits per heavy atom. The van der Waals surface area contributed by atoms with Gasteiger partial charge in [-0.3, -0.25) is 0 Å². The third-order valence-corrected chi connectivity index (χ3v) is 11.0. The van der Waals surface area contributed by atoms with Gasteiger partial charge in [-0.2, -0.15) is 0 Å². The molecule has 0 aliphatic rings. The van der Waals surface area contributed by atoms with Crippen LogP contribution in [0.25, 0.3) is 77.3 Å². The highest BCUT2D eigenvalue weighted by atomic mass is 28.3. The van der Waals surface area contributed by atoms with Gasteiger partial charge in [-0.15, -0.1) is 0 Å². The summed E-state index contributed by atoms with van der Waals surface area (Å²) >= 11 is 0. The number of rotatable bonds is 5. The van der Waals surface area contributed by atoms with E-state index in [9.17, 15) is 0 Å². The van der Waals surface area contributed by atoms with Crippen molar-refractivity contribution in [1.29, 1.82) is 0 Å². The molecule has 3 heteroatoms. The van der Waals surface area contributed by atoms with Gasteiger partial charge in [0.05, 0.1) is 8.07 Å². The molecule has 2 nitrogen and oxygen atoms in total. The number of nitrogens with zero attached hydrogens (tertiary/aromatic N) is 1. The normalized spacial score (nSPS) is 11.9. The molecule has 0 saturated carbocycles. The quantitative estimate of drug-likeness (QED) is 0.185. The lowest BCUT2D eigenvalue weighted by Gasteiger charge is -2.16. The second-order valence-electron chi connectivity index (χ2n) is 12.9. The van der Waals surface area contributed by atoms with Crippen LogP contribution in [0.5, 0.6) is 0 Å². The summed E-state index contributed by atoms with van der Waals surface area (Å²) in [5.74, 6) is 0. The number of pyridine rings is 1. The fraction of sp³-hybridized carbons (Fsp3) is 0.0714.